The van der Waals surface area contributed by atoms with Crippen molar-refractivity contribution in [1.82, 2.24) is 24.6 Å². The van der Waals surface area contributed by atoms with Crippen LogP contribution in [0.5, 0.6) is 0 Å². The maximum atomic E-state index is 12.1. The van der Waals surface area contributed by atoms with Gasteiger partial charge in [-0.2, -0.15) is 5.10 Å². The Bertz CT molecular complexity index is 890. The highest BCUT2D eigenvalue weighted by Gasteiger charge is 2.19. The number of nitrogens with one attached hydrogen (secondary N) is 1. The minimum atomic E-state index is -0.166. The van der Waals surface area contributed by atoms with Gasteiger partial charge in [-0.1, -0.05) is 30.3 Å². The van der Waals surface area contributed by atoms with Crippen molar-refractivity contribution in [2.24, 2.45) is 0 Å². The van der Waals surface area contributed by atoms with E-state index < -0.39 is 0 Å². The quantitative estimate of drug-likeness (QED) is 0.703. The number of carbonyl (C=O) groups excluding carboxylic acids is 1. The molecule has 4 rings (SSSR count). The molecule has 1 N–H and O–H groups in total. The summed E-state index contributed by atoms with van der Waals surface area (Å²) >= 11 is 0. The van der Waals surface area contributed by atoms with Crippen LogP contribution in [-0.4, -0.2) is 56.7 Å². The second-order valence-corrected chi connectivity index (χ2v) is 6.76. The van der Waals surface area contributed by atoms with Crippen LogP contribution >= 0.6 is 0 Å². The number of aromatic nitrogens is 4. The number of piperazine rings is 1. The third-order valence-corrected chi connectivity index (χ3v) is 4.73. The summed E-state index contributed by atoms with van der Waals surface area (Å²) in [5.41, 5.74) is 1.33. The molecule has 2 aromatic heterocycles. The topological polar surface area (TPSA) is 79.2 Å². The molecule has 0 atom stereocenters. The number of carbonyl (C=O) groups is 1. The lowest BCUT2D eigenvalue weighted by atomic mass is 10.2. The van der Waals surface area contributed by atoms with Crippen LogP contribution in [0.25, 0.3) is 0 Å². The Labute approximate surface area is 163 Å². The first-order chi connectivity index (χ1) is 13.8. The number of hydrogen-bond donors (Lipinski definition) is 1. The zero-order valence-corrected chi connectivity index (χ0v) is 15.6. The summed E-state index contributed by atoms with van der Waals surface area (Å²) in [5, 5.41) is 6.85. The van der Waals surface area contributed by atoms with Gasteiger partial charge >= 0.3 is 0 Å². The van der Waals surface area contributed by atoms with E-state index in [9.17, 15) is 4.79 Å². The molecule has 1 aliphatic heterocycles. The second kappa shape index (κ2) is 8.62. The molecule has 0 saturated carbocycles. The average molecular weight is 377 g/mol. The van der Waals surface area contributed by atoms with Crippen LogP contribution in [0.1, 0.15) is 5.56 Å². The number of rotatable bonds is 6. The molecule has 0 spiro atoms. The summed E-state index contributed by atoms with van der Waals surface area (Å²) in [6.45, 7) is 4.85. The van der Waals surface area contributed by atoms with Gasteiger partial charge in [0.05, 0.1) is 0 Å². The number of nitrogens with zero attached hydrogens (tertiary/aromatic N) is 6. The summed E-state index contributed by atoms with van der Waals surface area (Å²) in [6.07, 6.45) is 4.89. The minimum absolute atomic E-state index is 0.157. The fraction of sp³-hybridized carbons (Fsp3) is 0.300. The smallest absolute Gasteiger partial charge is 0.247 e. The van der Waals surface area contributed by atoms with E-state index in [1.54, 1.807) is 23.1 Å². The summed E-state index contributed by atoms with van der Waals surface area (Å²) in [6, 6.07) is 14.1. The van der Waals surface area contributed by atoms with Crippen LogP contribution in [-0.2, 0) is 17.9 Å². The van der Waals surface area contributed by atoms with Gasteiger partial charge in [0.2, 0.25) is 5.91 Å². The van der Waals surface area contributed by atoms with Crippen LogP contribution in [0, 0.1) is 0 Å². The molecule has 0 unspecified atom stereocenters. The SMILES string of the molecule is O=C(Cn1cccn1)Nc1cc(N2CCN(Cc3ccccc3)CC2)ncn1. The number of anilines is 2. The molecular formula is C20H23N7O. The van der Waals surface area contributed by atoms with E-state index in [4.69, 9.17) is 0 Å². The van der Waals surface area contributed by atoms with Crippen molar-refractivity contribution in [1.29, 1.82) is 0 Å². The van der Waals surface area contributed by atoms with Gasteiger partial charge in [-0.25, -0.2) is 9.97 Å². The zero-order chi connectivity index (χ0) is 19.2. The van der Waals surface area contributed by atoms with Gasteiger partial charge in [0.1, 0.15) is 24.5 Å². The van der Waals surface area contributed by atoms with Crippen molar-refractivity contribution in [2.45, 2.75) is 13.1 Å². The third kappa shape index (κ3) is 4.72. The lowest BCUT2D eigenvalue weighted by Gasteiger charge is -2.35. The van der Waals surface area contributed by atoms with E-state index in [2.05, 4.69) is 54.4 Å². The molecule has 8 nitrogen and oxygen atoms in total. The van der Waals surface area contributed by atoms with Crippen LogP contribution in [0.2, 0.25) is 0 Å². The third-order valence-electron chi connectivity index (χ3n) is 4.73. The van der Waals surface area contributed by atoms with E-state index in [1.807, 2.05) is 12.1 Å². The Morgan fingerprint density at radius 2 is 1.86 bits per heavy atom. The van der Waals surface area contributed by atoms with Crippen molar-refractivity contribution in [2.75, 3.05) is 36.4 Å². The van der Waals surface area contributed by atoms with Gasteiger partial charge < -0.3 is 10.2 Å². The Kier molecular flexibility index (Phi) is 5.58. The Morgan fingerprint density at radius 1 is 1.04 bits per heavy atom. The maximum absolute atomic E-state index is 12.1. The Balaban J connectivity index is 1.31. The van der Waals surface area contributed by atoms with Crippen molar-refractivity contribution >= 4 is 17.5 Å². The molecule has 0 aliphatic carbocycles. The van der Waals surface area contributed by atoms with Crippen molar-refractivity contribution in [3.05, 3.63) is 66.7 Å². The predicted octanol–water partition coefficient (Wildman–Crippen LogP) is 1.63. The normalized spacial score (nSPS) is 14.8. The van der Waals surface area contributed by atoms with Crippen molar-refractivity contribution in [3.8, 4) is 0 Å². The first-order valence-electron chi connectivity index (χ1n) is 9.37. The fourth-order valence-electron chi connectivity index (χ4n) is 3.29. The minimum Gasteiger partial charge on any atom is -0.354 e. The van der Waals surface area contributed by atoms with Crippen LogP contribution < -0.4 is 10.2 Å². The molecule has 1 fully saturated rings. The average Bonchev–Trinajstić information content (AvgIpc) is 3.22. The molecule has 0 bridgehead atoms. The zero-order valence-electron chi connectivity index (χ0n) is 15.6. The van der Waals surface area contributed by atoms with E-state index in [1.165, 1.54) is 11.9 Å². The highest BCUT2D eigenvalue weighted by Crippen LogP contribution is 2.17. The number of amides is 1. The number of benzene rings is 1. The van der Waals surface area contributed by atoms with Gasteiger partial charge in [-0.3, -0.25) is 14.4 Å². The highest BCUT2D eigenvalue weighted by molar-refractivity contribution is 5.89. The molecule has 1 saturated heterocycles. The first kappa shape index (κ1) is 18.1. The highest BCUT2D eigenvalue weighted by atomic mass is 16.2. The van der Waals surface area contributed by atoms with E-state index in [0.29, 0.717) is 5.82 Å². The van der Waals surface area contributed by atoms with Gasteiger partial charge in [-0.05, 0) is 11.6 Å². The molecule has 144 valence electrons. The van der Waals surface area contributed by atoms with Gasteiger partial charge in [-0.15, -0.1) is 0 Å². The summed E-state index contributed by atoms with van der Waals surface area (Å²) < 4.78 is 1.57. The maximum Gasteiger partial charge on any atom is 0.247 e. The first-order valence-corrected chi connectivity index (χ1v) is 9.37. The molecule has 0 radical (unpaired) electrons. The second-order valence-electron chi connectivity index (χ2n) is 6.76. The monoisotopic (exact) mass is 377 g/mol. The van der Waals surface area contributed by atoms with E-state index in [-0.39, 0.29) is 12.5 Å². The van der Waals surface area contributed by atoms with Gasteiger partial charge in [0.15, 0.2) is 0 Å². The summed E-state index contributed by atoms with van der Waals surface area (Å²) in [5.74, 6) is 1.18. The Morgan fingerprint density at radius 3 is 2.61 bits per heavy atom. The van der Waals surface area contributed by atoms with Crippen molar-refractivity contribution < 1.29 is 4.79 Å². The van der Waals surface area contributed by atoms with E-state index >= 15 is 0 Å². The molecule has 1 aromatic carbocycles. The summed E-state index contributed by atoms with van der Waals surface area (Å²) in [7, 11) is 0. The van der Waals surface area contributed by atoms with Gasteiger partial charge in [0, 0.05) is 51.2 Å². The molecule has 1 amide bonds. The molecule has 3 aromatic rings. The summed E-state index contributed by atoms with van der Waals surface area (Å²) in [4.78, 5) is 25.4. The van der Waals surface area contributed by atoms with Crippen LogP contribution in [0.4, 0.5) is 11.6 Å². The Hall–Kier alpha value is -3.26. The number of hydrogen-bond acceptors (Lipinski definition) is 6. The molecular weight excluding hydrogens is 354 g/mol. The molecule has 8 heteroatoms. The fourth-order valence-corrected chi connectivity index (χ4v) is 3.29. The standard InChI is InChI=1S/C20H23N7O/c28-20(15-27-8-4-7-23-27)24-18-13-19(22-16-21-18)26-11-9-25(10-12-26)14-17-5-2-1-3-6-17/h1-8,13,16H,9-12,14-15H2,(H,21,22,24,28). The largest absolute Gasteiger partial charge is 0.354 e. The molecule has 1 aliphatic rings. The molecule has 28 heavy (non-hydrogen) atoms. The van der Waals surface area contributed by atoms with Crippen molar-refractivity contribution in [3.63, 3.8) is 0 Å². The van der Waals surface area contributed by atoms with Crippen LogP contribution in [0.15, 0.2) is 61.2 Å². The lowest BCUT2D eigenvalue weighted by Crippen LogP contribution is -2.46. The van der Waals surface area contributed by atoms with E-state index in [0.717, 1.165) is 38.5 Å². The lowest BCUT2D eigenvalue weighted by molar-refractivity contribution is -0.116. The predicted molar refractivity (Wildman–Crippen MR) is 107 cm³/mol. The van der Waals surface area contributed by atoms with Crippen LogP contribution in [0.3, 0.4) is 0 Å². The van der Waals surface area contributed by atoms with Gasteiger partial charge in [0.25, 0.3) is 0 Å². The molecule has 3 heterocycles.